The summed E-state index contributed by atoms with van der Waals surface area (Å²) >= 11 is 0. The molecule has 0 unspecified atom stereocenters. The highest BCUT2D eigenvalue weighted by Gasteiger charge is 2.04. The summed E-state index contributed by atoms with van der Waals surface area (Å²) in [6.07, 6.45) is 5.03. The molecule has 1 nitrogen and oxygen atoms in total. The number of rotatable bonds is 1. The Morgan fingerprint density at radius 2 is 2.00 bits per heavy atom. The van der Waals surface area contributed by atoms with Crippen molar-refractivity contribution in [3.8, 4) is 12.0 Å². The minimum Gasteiger partial charge on any atom is -0.330 e. The van der Waals surface area contributed by atoms with Crippen LogP contribution < -0.4 is 0 Å². The van der Waals surface area contributed by atoms with Gasteiger partial charge in [-0.1, -0.05) is 12.3 Å². The average molecular weight is 151 g/mol. The molecule has 1 aliphatic heterocycles. The van der Waals surface area contributed by atoms with Crippen LogP contribution in [0.3, 0.4) is 0 Å². The lowest BCUT2D eigenvalue weighted by Gasteiger charge is -2.22. The fraction of sp³-hybridized carbons (Fsp3) is 0.800. The van der Waals surface area contributed by atoms with Gasteiger partial charge in [-0.3, -0.25) is 0 Å². The Balaban J connectivity index is 2.47. The zero-order valence-corrected chi connectivity index (χ0v) is 7.56. The van der Waals surface area contributed by atoms with Gasteiger partial charge in [-0.05, 0) is 26.7 Å². The molecule has 0 bridgehead atoms. The second-order valence-electron chi connectivity index (χ2n) is 3.39. The molecule has 1 aliphatic rings. The SMILES string of the molecule is CC(C)N1C#CCCCCC1. The summed E-state index contributed by atoms with van der Waals surface area (Å²) in [7, 11) is 0. The van der Waals surface area contributed by atoms with E-state index in [1.165, 1.54) is 19.3 Å². The lowest BCUT2D eigenvalue weighted by molar-refractivity contribution is 0.319. The van der Waals surface area contributed by atoms with Crippen molar-refractivity contribution < 1.29 is 0 Å². The summed E-state index contributed by atoms with van der Waals surface area (Å²) in [5, 5.41) is 0. The van der Waals surface area contributed by atoms with Crippen molar-refractivity contribution in [3.05, 3.63) is 0 Å². The Hall–Kier alpha value is -0.640. The Bertz CT molecular complexity index is 161. The van der Waals surface area contributed by atoms with Crippen molar-refractivity contribution in [2.24, 2.45) is 0 Å². The smallest absolute Gasteiger partial charge is 0.0314 e. The van der Waals surface area contributed by atoms with E-state index in [2.05, 4.69) is 30.7 Å². The molecular weight excluding hydrogens is 134 g/mol. The molecule has 0 N–H and O–H groups in total. The van der Waals surface area contributed by atoms with Crippen LogP contribution in [0.5, 0.6) is 0 Å². The van der Waals surface area contributed by atoms with Gasteiger partial charge < -0.3 is 4.90 Å². The zero-order chi connectivity index (χ0) is 8.10. The molecular formula is C10H17N. The van der Waals surface area contributed by atoms with Gasteiger partial charge in [0.05, 0.1) is 0 Å². The van der Waals surface area contributed by atoms with Gasteiger partial charge in [0.15, 0.2) is 0 Å². The van der Waals surface area contributed by atoms with Crippen molar-refractivity contribution in [2.45, 2.75) is 45.6 Å². The highest BCUT2D eigenvalue weighted by molar-refractivity contribution is 5.00. The third kappa shape index (κ3) is 2.84. The van der Waals surface area contributed by atoms with Crippen molar-refractivity contribution in [1.82, 2.24) is 4.90 Å². The lowest BCUT2D eigenvalue weighted by atomic mass is 10.1. The van der Waals surface area contributed by atoms with Crippen LogP contribution in [0.4, 0.5) is 0 Å². The molecule has 0 aromatic carbocycles. The molecule has 0 amide bonds. The fourth-order valence-electron chi connectivity index (χ4n) is 1.27. The van der Waals surface area contributed by atoms with Crippen LogP contribution in [0.15, 0.2) is 0 Å². The molecule has 0 saturated carbocycles. The van der Waals surface area contributed by atoms with E-state index in [-0.39, 0.29) is 0 Å². The van der Waals surface area contributed by atoms with Gasteiger partial charge >= 0.3 is 0 Å². The molecule has 0 saturated heterocycles. The van der Waals surface area contributed by atoms with Crippen molar-refractivity contribution >= 4 is 0 Å². The molecule has 0 aromatic heterocycles. The van der Waals surface area contributed by atoms with Gasteiger partial charge in [0.1, 0.15) is 0 Å². The van der Waals surface area contributed by atoms with E-state index in [0.717, 1.165) is 13.0 Å². The Kier molecular flexibility index (Phi) is 3.29. The molecule has 0 aromatic rings. The minimum atomic E-state index is 0.584. The normalized spacial score (nSPS) is 18.6. The van der Waals surface area contributed by atoms with Crippen molar-refractivity contribution in [3.63, 3.8) is 0 Å². The van der Waals surface area contributed by atoms with Crippen molar-refractivity contribution in [1.29, 1.82) is 0 Å². The molecule has 0 radical (unpaired) electrons. The second kappa shape index (κ2) is 4.28. The topological polar surface area (TPSA) is 3.24 Å². The molecule has 11 heavy (non-hydrogen) atoms. The van der Waals surface area contributed by atoms with Crippen LogP contribution in [-0.2, 0) is 0 Å². The zero-order valence-electron chi connectivity index (χ0n) is 7.56. The van der Waals surface area contributed by atoms with E-state index in [4.69, 9.17) is 0 Å². The average Bonchev–Trinajstić information content (AvgIpc) is 1.84. The maximum absolute atomic E-state index is 3.20. The van der Waals surface area contributed by atoms with Gasteiger partial charge in [-0.15, -0.1) is 0 Å². The molecule has 1 heterocycles. The monoisotopic (exact) mass is 151 g/mol. The molecule has 0 fully saturated rings. The van der Waals surface area contributed by atoms with E-state index >= 15 is 0 Å². The van der Waals surface area contributed by atoms with E-state index in [9.17, 15) is 0 Å². The number of hydrogen-bond acceptors (Lipinski definition) is 1. The van der Waals surface area contributed by atoms with Gasteiger partial charge in [0.25, 0.3) is 0 Å². The van der Waals surface area contributed by atoms with E-state index < -0.39 is 0 Å². The summed E-state index contributed by atoms with van der Waals surface area (Å²) in [6.45, 7) is 5.57. The highest BCUT2D eigenvalue weighted by Crippen LogP contribution is 2.06. The number of nitrogens with zero attached hydrogens (tertiary/aromatic N) is 1. The first-order valence-electron chi connectivity index (χ1n) is 4.56. The summed E-state index contributed by atoms with van der Waals surface area (Å²) in [5.74, 6) is 3.19. The Labute approximate surface area is 69.8 Å². The summed E-state index contributed by atoms with van der Waals surface area (Å²) < 4.78 is 0. The predicted molar refractivity (Wildman–Crippen MR) is 48.1 cm³/mol. The van der Waals surface area contributed by atoms with E-state index in [1.807, 2.05) is 0 Å². The van der Waals surface area contributed by atoms with Crippen LogP contribution in [0.2, 0.25) is 0 Å². The fourth-order valence-corrected chi connectivity index (χ4v) is 1.27. The summed E-state index contributed by atoms with van der Waals surface area (Å²) in [5.41, 5.74) is 0. The van der Waals surface area contributed by atoms with Crippen LogP contribution >= 0.6 is 0 Å². The van der Waals surface area contributed by atoms with Gasteiger partial charge in [0, 0.05) is 25.1 Å². The minimum absolute atomic E-state index is 0.584. The lowest BCUT2D eigenvalue weighted by Crippen LogP contribution is -2.27. The Morgan fingerprint density at radius 3 is 2.73 bits per heavy atom. The largest absolute Gasteiger partial charge is 0.330 e. The molecule has 1 rings (SSSR count). The first-order valence-corrected chi connectivity index (χ1v) is 4.56. The van der Waals surface area contributed by atoms with E-state index in [0.29, 0.717) is 6.04 Å². The van der Waals surface area contributed by atoms with Gasteiger partial charge in [-0.25, -0.2) is 0 Å². The molecule has 62 valence electrons. The predicted octanol–water partition coefficient (Wildman–Crippen LogP) is 2.23. The third-order valence-electron chi connectivity index (χ3n) is 2.05. The Morgan fingerprint density at radius 1 is 1.18 bits per heavy atom. The van der Waals surface area contributed by atoms with Gasteiger partial charge in [-0.2, -0.15) is 0 Å². The first-order chi connectivity index (χ1) is 5.30. The van der Waals surface area contributed by atoms with Gasteiger partial charge in [0.2, 0.25) is 0 Å². The van der Waals surface area contributed by atoms with Crippen molar-refractivity contribution in [2.75, 3.05) is 6.54 Å². The van der Waals surface area contributed by atoms with Crippen LogP contribution in [0.25, 0.3) is 0 Å². The quantitative estimate of drug-likeness (QED) is 0.519. The molecule has 0 spiro atoms. The second-order valence-corrected chi connectivity index (χ2v) is 3.39. The molecule has 0 atom stereocenters. The first kappa shape index (κ1) is 8.46. The maximum Gasteiger partial charge on any atom is 0.0314 e. The standard InChI is InChI=1S/C10H17N/c1-10(2)11-8-6-4-3-5-7-9-11/h10H,3-6,8H2,1-2H3. The maximum atomic E-state index is 3.20. The van der Waals surface area contributed by atoms with E-state index in [1.54, 1.807) is 0 Å². The molecule has 1 heteroatoms. The third-order valence-corrected chi connectivity index (χ3v) is 2.05. The van der Waals surface area contributed by atoms with Crippen LogP contribution in [0.1, 0.15) is 39.5 Å². The van der Waals surface area contributed by atoms with Crippen LogP contribution in [0, 0.1) is 12.0 Å². The molecule has 0 aliphatic carbocycles. The van der Waals surface area contributed by atoms with Crippen LogP contribution in [-0.4, -0.2) is 17.5 Å². The summed E-state index contributed by atoms with van der Waals surface area (Å²) in [4.78, 5) is 2.25. The summed E-state index contributed by atoms with van der Waals surface area (Å²) in [6, 6.07) is 3.79. The number of hydrogen-bond donors (Lipinski definition) is 0. The highest BCUT2D eigenvalue weighted by atomic mass is 15.1.